The van der Waals surface area contributed by atoms with Gasteiger partial charge in [0.05, 0.1) is 0 Å². The molecule has 3 heteroatoms. The van der Waals surface area contributed by atoms with E-state index in [4.69, 9.17) is 0 Å². The zero-order chi connectivity index (χ0) is 12.7. The minimum Gasteiger partial charge on any atom is -0.385 e. The van der Waals surface area contributed by atoms with E-state index in [-0.39, 0.29) is 5.91 Å². The maximum atomic E-state index is 12.1. The van der Waals surface area contributed by atoms with Crippen molar-refractivity contribution in [3.05, 3.63) is 29.8 Å². The topological polar surface area (TPSA) is 32.3 Å². The number of hydrogen-bond donors (Lipinski definition) is 1. The van der Waals surface area contributed by atoms with E-state index in [1.807, 2.05) is 36.1 Å². The monoisotopic (exact) mass is 234 g/mol. The maximum Gasteiger partial charge on any atom is 0.253 e. The van der Waals surface area contributed by atoms with Crippen LogP contribution in [0.25, 0.3) is 0 Å². The molecule has 0 aromatic heterocycles. The largest absolute Gasteiger partial charge is 0.385 e. The predicted octanol–water partition coefficient (Wildman–Crippen LogP) is 2.99. The molecular weight excluding hydrogens is 212 g/mol. The van der Waals surface area contributed by atoms with Crippen LogP contribution in [0.3, 0.4) is 0 Å². The number of hydrogen-bond acceptors (Lipinski definition) is 2. The predicted molar refractivity (Wildman–Crippen MR) is 72.5 cm³/mol. The van der Waals surface area contributed by atoms with Gasteiger partial charge in [-0.05, 0) is 44.5 Å². The lowest BCUT2D eigenvalue weighted by Gasteiger charge is -2.20. The van der Waals surface area contributed by atoms with Crippen molar-refractivity contribution in [3.63, 3.8) is 0 Å². The standard InChI is InChI=1S/C14H22N2O/c1-4-11-16(6-3)14(17)12-7-9-13(10-8-12)15-5-2/h7-10,15H,4-6,11H2,1-3H3. The third kappa shape index (κ3) is 3.77. The maximum absolute atomic E-state index is 12.1. The highest BCUT2D eigenvalue weighted by molar-refractivity contribution is 5.94. The minimum absolute atomic E-state index is 0.123. The van der Waals surface area contributed by atoms with E-state index in [2.05, 4.69) is 19.2 Å². The summed E-state index contributed by atoms with van der Waals surface area (Å²) in [5.74, 6) is 0.123. The third-order valence-electron chi connectivity index (χ3n) is 2.68. The van der Waals surface area contributed by atoms with Crippen molar-refractivity contribution in [2.45, 2.75) is 27.2 Å². The molecule has 0 radical (unpaired) electrons. The van der Waals surface area contributed by atoms with Crippen LogP contribution in [0.5, 0.6) is 0 Å². The summed E-state index contributed by atoms with van der Waals surface area (Å²) in [7, 11) is 0. The van der Waals surface area contributed by atoms with Gasteiger partial charge in [0, 0.05) is 30.9 Å². The van der Waals surface area contributed by atoms with Crippen molar-refractivity contribution < 1.29 is 4.79 Å². The van der Waals surface area contributed by atoms with E-state index >= 15 is 0 Å². The Morgan fingerprint density at radius 3 is 2.29 bits per heavy atom. The second kappa shape index (κ2) is 6.94. The molecule has 1 rings (SSSR count). The summed E-state index contributed by atoms with van der Waals surface area (Å²) >= 11 is 0. The van der Waals surface area contributed by atoms with Gasteiger partial charge in [-0.2, -0.15) is 0 Å². The Bertz CT molecular complexity index is 346. The lowest BCUT2D eigenvalue weighted by molar-refractivity contribution is 0.0764. The van der Waals surface area contributed by atoms with E-state index in [9.17, 15) is 4.79 Å². The Hall–Kier alpha value is -1.51. The summed E-state index contributed by atoms with van der Waals surface area (Å²) in [6.45, 7) is 8.64. The Morgan fingerprint density at radius 2 is 1.82 bits per heavy atom. The first-order valence-corrected chi connectivity index (χ1v) is 6.36. The third-order valence-corrected chi connectivity index (χ3v) is 2.68. The van der Waals surface area contributed by atoms with Gasteiger partial charge in [0.25, 0.3) is 5.91 Å². The van der Waals surface area contributed by atoms with Crippen LogP contribution in [0, 0.1) is 0 Å². The van der Waals surface area contributed by atoms with Crippen LogP contribution in [-0.4, -0.2) is 30.4 Å². The van der Waals surface area contributed by atoms with E-state index < -0.39 is 0 Å². The van der Waals surface area contributed by atoms with E-state index in [0.29, 0.717) is 0 Å². The summed E-state index contributed by atoms with van der Waals surface area (Å²) < 4.78 is 0. The molecule has 3 nitrogen and oxygen atoms in total. The van der Waals surface area contributed by atoms with Gasteiger partial charge in [-0.3, -0.25) is 4.79 Å². The van der Waals surface area contributed by atoms with Crippen molar-refractivity contribution >= 4 is 11.6 Å². The molecule has 1 amide bonds. The van der Waals surface area contributed by atoms with Gasteiger partial charge in [0.15, 0.2) is 0 Å². The lowest BCUT2D eigenvalue weighted by atomic mass is 10.1. The van der Waals surface area contributed by atoms with Crippen LogP contribution in [0.2, 0.25) is 0 Å². The van der Waals surface area contributed by atoms with E-state index in [0.717, 1.165) is 37.3 Å². The highest BCUT2D eigenvalue weighted by Gasteiger charge is 2.12. The zero-order valence-corrected chi connectivity index (χ0v) is 11.0. The number of benzene rings is 1. The second-order valence-electron chi connectivity index (χ2n) is 3.99. The fourth-order valence-corrected chi connectivity index (χ4v) is 1.79. The molecule has 0 spiro atoms. The van der Waals surface area contributed by atoms with Crippen LogP contribution in [0.1, 0.15) is 37.6 Å². The van der Waals surface area contributed by atoms with Gasteiger partial charge in [0.2, 0.25) is 0 Å². The molecule has 0 unspecified atom stereocenters. The molecule has 94 valence electrons. The molecule has 0 aliphatic rings. The Kier molecular flexibility index (Phi) is 5.53. The van der Waals surface area contributed by atoms with Crippen LogP contribution < -0.4 is 5.32 Å². The van der Waals surface area contributed by atoms with Gasteiger partial charge in [0.1, 0.15) is 0 Å². The van der Waals surface area contributed by atoms with Gasteiger partial charge in [-0.25, -0.2) is 0 Å². The number of nitrogens with zero attached hydrogens (tertiary/aromatic N) is 1. The van der Waals surface area contributed by atoms with Crippen molar-refractivity contribution in [1.29, 1.82) is 0 Å². The SMILES string of the molecule is CCCN(CC)C(=O)c1ccc(NCC)cc1. The van der Waals surface area contributed by atoms with Crippen LogP contribution in [0.4, 0.5) is 5.69 Å². The van der Waals surface area contributed by atoms with Crippen molar-refractivity contribution in [3.8, 4) is 0 Å². The molecule has 0 heterocycles. The number of carbonyl (C=O) groups excluding carboxylic acids is 1. The molecular formula is C14H22N2O. The minimum atomic E-state index is 0.123. The molecule has 0 saturated heterocycles. The number of carbonyl (C=O) groups is 1. The number of amides is 1. The zero-order valence-electron chi connectivity index (χ0n) is 11.0. The first kappa shape index (κ1) is 13.6. The molecule has 1 aromatic rings. The molecule has 0 saturated carbocycles. The summed E-state index contributed by atoms with van der Waals surface area (Å²) in [5.41, 5.74) is 1.82. The summed E-state index contributed by atoms with van der Waals surface area (Å²) in [4.78, 5) is 14.0. The quantitative estimate of drug-likeness (QED) is 0.820. The first-order valence-electron chi connectivity index (χ1n) is 6.36. The first-order chi connectivity index (χ1) is 8.22. The van der Waals surface area contributed by atoms with Crippen LogP contribution in [0.15, 0.2) is 24.3 Å². The summed E-state index contributed by atoms with van der Waals surface area (Å²) in [5, 5.41) is 3.22. The average Bonchev–Trinajstić information content (AvgIpc) is 2.36. The Balaban J connectivity index is 2.74. The molecule has 0 bridgehead atoms. The number of anilines is 1. The van der Waals surface area contributed by atoms with Crippen molar-refractivity contribution in [2.75, 3.05) is 25.0 Å². The highest BCUT2D eigenvalue weighted by Crippen LogP contribution is 2.11. The summed E-state index contributed by atoms with van der Waals surface area (Å²) in [6.07, 6.45) is 0.995. The van der Waals surface area contributed by atoms with Crippen molar-refractivity contribution in [1.82, 2.24) is 4.90 Å². The van der Waals surface area contributed by atoms with Gasteiger partial charge >= 0.3 is 0 Å². The van der Waals surface area contributed by atoms with E-state index in [1.165, 1.54) is 0 Å². The molecule has 0 aliphatic heterocycles. The number of rotatable bonds is 6. The molecule has 1 aromatic carbocycles. The highest BCUT2D eigenvalue weighted by atomic mass is 16.2. The van der Waals surface area contributed by atoms with Gasteiger partial charge in [-0.15, -0.1) is 0 Å². The molecule has 1 N–H and O–H groups in total. The Morgan fingerprint density at radius 1 is 1.18 bits per heavy atom. The van der Waals surface area contributed by atoms with Gasteiger partial charge < -0.3 is 10.2 Å². The van der Waals surface area contributed by atoms with Crippen LogP contribution in [-0.2, 0) is 0 Å². The molecule has 0 atom stereocenters. The smallest absolute Gasteiger partial charge is 0.253 e. The second-order valence-corrected chi connectivity index (χ2v) is 3.99. The molecule has 17 heavy (non-hydrogen) atoms. The fraction of sp³-hybridized carbons (Fsp3) is 0.500. The molecule has 0 fully saturated rings. The average molecular weight is 234 g/mol. The van der Waals surface area contributed by atoms with E-state index in [1.54, 1.807) is 0 Å². The van der Waals surface area contributed by atoms with Crippen LogP contribution >= 0.6 is 0 Å². The normalized spacial score (nSPS) is 10.1. The Labute approximate surface area is 104 Å². The summed E-state index contributed by atoms with van der Waals surface area (Å²) in [6, 6.07) is 7.68. The molecule has 0 aliphatic carbocycles. The lowest BCUT2D eigenvalue weighted by Crippen LogP contribution is -2.31. The van der Waals surface area contributed by atoms with Crippen molar-refractivity contribution in [2.24, 2.45) is 0 Å². The van der Waals surface area contributed by atoms with Gasteiger partial charge in [-0.1, -0.05) is 6.92 Å². The fourth-order valence-electron chi connectivity index (χ4n) is 1.79. The number of nitrogens with one attached hydrogen (secondary N) is 1.